The van der Waals surface area contributed by atoms with Gasteiger partial charge in [-0.25, -0.2) is 5.06 Å². The number of anilines is 1. The number of amides is 1. The summed E-state index contributed by atoms with van der Waals surface area (Å²) in [6, 6.07) is 9.39. The molecule has 1 unspecified atom stereocenters. The molecular formula is C18H28N2O3. The number of rotatable bonds is 5. The van der Waals surface area contributed by atoms with Gasteiger partial charge in [0.1, 0.15) is 12.1 Å². The molecule has 1 aromatic carbocycles. The summed E-state index contributed by atoms with van der Waals surface area (Å²) in [4.78, 5) is 21.0. The standard InChI is InChI=1S/C18H28N2O3/c1-12(2)19(13(3)4)18(22)17-14(5)16(11-21)23-20(17)15-9-7-6-8-10-15/h6-10,12-14,16-17,21H,11H2,1-5H3/t14?,16-,17-/m0/s1. The van der Waals surface area contributed by atoms with Crippen LogP contribution in [-0.4, -0.2) is 46.7 Å². The minimum atomic E-state index is -0.431. The van der Waals surface area contributed by atoms with E-state index in [0.29, 0.717) is 0 Å². The van der Waals surface area contributed by atoms with Gasteiger partial charge < -0.3 is 10.0 Å². The van der Waals surface area contributed by atoms with Crippen molar-refractivity contribution in [2.24, 2.45) is 5.92 Å². The quantitative estimate of drug-likeness (QED) is 0.905. The molecule has 23 heavy (non-hydrogen) atoms. The van der Waals surface area contributed by atoms with Crippen LogP contribution in [0, 0.1) is 5.92 Å². The number of hydrogen-bond acceptors (Lipinski definition) is 4. The van der Waals surface area contributed by atoms with Crippen LogP contribution >= 0.6 is 0 Å². The third-order valence-electron chi connectivity index (χ3n) is 4.40. The van der Waals surface area contributed by atoms with Crippen molar-refractivity contribution >= 4 is 11.6 Å². The smallest absolute Gasteiger partial charge is 0.248 e. The van der Waals surface area contributed by atoms with E-state index in [4.69, 9.17) is 4.84 Å². The zero-order chi connectivity index (χ0) is 17.1. The highest BCUT2D eigenvalue weighted by atomic mass is 16.7. The van der Waals surface area contributed by atoms with Crippen molar-refractivity contribution in [1.29, 1.82) is 0 Å². The maximum Gasteiger partial charge on any atom is 0.248 e. The molecule has 0 aromatic heterocycles. The van der Waals surface area contributed by atoms with Crippen molar-refractivity contribution in [3.8, 4) is 0 Å². The molecular weight excluding hydrogens is 292 g/mol. The fourth-order valence-electron chi connectivity index (χ4n) is 3.30. The van der Waals surface area contributed by atoms with Gasteiger partial charge in [-0.2, -0.15) is 0 Å². The molecule has 0 aliphatic carbocycles. The molecule has 1 amide bonds. The summed E-state index contributed by atoms with van der Waals surface area (Å²) in [6.07, 6.45) is -0.370. The maximum absolute atomic E-state index is 13.2. The van der Waals surface area contributed by atoms with Crippen LogP contribution in [0.2, 0.25) is 0 Å². The van der Waals surface area contributed by atoms with Crippen LogP contribution in [0.4, 0.5) is 5.69 Å². The molecule has 0 spiro atoms. The Kier molecular flexibility index (Phi) is 5.65. The Morgan fingerprint density at radius 1 is 1.22 bits per heavy atom. The van der Waals surface area contributed by atoms with Crippen LogP contribution in [0.25, 0.3) is 0 Å². The summed E-state index contributed by atoms with van der Waals surface area (Å²) in [5.74, 6) is -0.0463. The fourth-order valence-corrected chi connectivity index (χ4v) is 3.30. The van der Waals surface area contributed by atoms with Crippen molar-refractivity contribution in [3.63, 3.8) is 0 Å². The van der Waals surface area contributed by atoms with Gasteiger partial charge >= 0.3 is 0 Å². The molecule has 0 radical (unpaired) electrons. The number of para-hydroxylation sites is 1. The van der Waals surface area contributed by atoms with E-state index in [9.17, 15) is 9.90 Å². The van der Waals surface area contributed by atoms with Gasteiger partial charge in [0.15, 0.2) is 0 Å². The molecule has 3 atom stereocenters. The lowest BCUT2D eigenvalue weighted by Gasteiger charge is -2.36. The lowest BCUT2D eigenvalue weighted by Crippen LogP contribution is -2.52. The van der Waals surface area contributed by atoms with Crippen LogP contribution in [0.15, 0.2) is 30.3 Å². The van der Waals surface area contributed by atoms with Gasteiger partial charge in [-0.3, -0.25) is 9.63 Å². The molecule has 128 valence electrons. The first-order chi connectivity index (χ1) is 10.9. The van der Waals surface area contributed by atoms with Gasteiger partial charge in [0.25, 0.3) is 0 Å². The summed E-state index contributed by atoms with van der Waals surface area (Å²) in [7, 11) is 0. The second kappa shape index (κ2) is 7.32. The van der Waals surface area contributed by atoms with Crippen LogP contribution in [0.5, 0.6) is 0 Å². The SMILES string of the molecule is CC1[C@H](CO)ON(c2ccccc2)[C@@H]1C(=O)N(C(C)C)C(C)C. The van der Waals surface area contributed by atoms with Crippen LogP contribution in [0.1, 0.15) is 34.6 Å². The summed E-state index contributed by atoms with van der Waals surface area (Å²) < 4.78 is 0. The van der Waals surface area contributed by atoms with Gasteiger partial charge in [-0.1, -0.05) is 25.1 Å². The highest BCUT2D eigenvalue weighted by molar-refractivity contribution is 5.86. The van der Waals surface area contributed by atoms with Crippen molar-refractivity contribution < 1.29 is 14.7 Å². The lowest BCUT2D eigenvalue weighted by atomic mass is 9.95. The maximum atomic E-state index is 13.2. The van der Waals surface area contributed by atoms with Crippen molar-refractivity contribution in [2.75, 3.05) is 11.7 Å². The zero-order valence-corrected chi connectivity index (χ0v) is 14.6. The fraction of sp³-hybridized carbons (Fsp3) is 0.611. The normalized spacial score (nSPS) is 24.5. The Labute approximate surface area is 138 Å². The number of nitrogens with zero attached hydrogens (tertiary/aromatic N) is 2. The molecule has 5 heteroatoms. The van der Waals surface area contributed by atoms with Crippen molar-refractivity contribution in [2.45, 2.75) is 58.8 Å². The van der Waals surface area contributed by atoms with Gasteiger partial charge in [-0.05, 0) is 39.8 Å². The summed E-state index contributed by atoms with van der Waals surface area (Å²) in [6.45, 7) is 9.95. The van der Waals surface area contributed by atoms with E-state index in [1.165, 1.54) is 0 Å². The highest BCUT2D eigenvalue weighted by Gasteiger charge is 2.47. The summed E-state index contributed by atoms with van der Waals surface area (Å²) in [5, 5.41) is 11.3. The second-order valence-corrected chi connectivity index (χ2v) is 6.72. The van der Waals surface area contributed by atoms with Gasteiger partial charge in [-0.15, -0.1) is 0 Å². The van der Waals surface area contributed by atoms with Gasteiger partial charge in [0.2, 0.25) is 5.91 Å². The predicted octanol–water partition coefficient (Wildman–Crippen LogP) is 2.45. The molecule has 1 heterocycles. The number of benzene rings is 1. The first-order valence-electron chi connectivity index (χ1n) is 8.32. The third kappa shape index (κ3) is 3.51. The number of carbonyl (C=O) groups excluding carboxylic acids is 1. The van der Waals surface area contributed by atoms with Gasteiger partial charge in [0.05, 0.1) is 12.3 Å². The highest BCUT2D eigenvalue weighted by Crippen LogP contribution is 2.33. The summed E-state index contributed by atoms with van der Waals surface area (Å²) in [5.41, 5.74) is 0.834. The molecule has 1 N–H and O–H groups in total. The molecule has 1 aliphatic heterocycles. The molecule has 1 aliphatic rings. The van der Waals surface area contributed by atoms with E-state index in [2.05, 4.69) is 0 Å². The monoisotopic (exact) mass is 320 g/mol. The van der Waals surface area contributed by atoms with E-state index < -0.39 is 6.04 Å². The Hall–Kier alpha value is -1.59. The number of hydrogen-bond donors (Lipinski definition) is 1. The number of aliphatic hydroxyl groups excluding tert-OH is 1. The number of carbonyl (C=O) groups is 1. The first kappa shape index (κ1) is 17.8. The van der Waals surface area contributed by atoms with Gasteiger partial charge in [0, 0.05) is 18.0 Å². The van der Waals surface area contributed by atoms with Crippen molar-refractivity contribution in [3.05, 3.63) is 30.3 Å². The predicted molar refractivity (Wildman–Crippen MR) is 90.9 cm³/mol. The van der Waals surface area contributed by atoms with E-state index in [-0.39, 0.29) is 36.6 Å². The Morgan fingerprint density at radius 3 is 2.26 bits per heavy atom. The molecule has 5 nitrogen and oxygen atoms in total. The third-order valence-corrected chi connectivity index (χ3v) is 4.40. The Bertz CT molecular complexity index is 510. The second-order valence-electron chi connectivity index (χ2n) is 6.72. The molecule has 2 rings (SSSR count). The average molecular weight is 320 g/mol. The lowest BCUT2D eigenvalue weighted by molar-refractivity contribution is -0.137. The minimum absolute atomic E-state index is 0.0438. The average Bonchev–Trinajstić information content (AvgIpc) is 2.84. The van der Waals surface area contributed by atoms with E-state index >= 15 is 0 Å². The molecule has 0 saturated carbocycles. The number of hydroxylamine groups is 1. The molecule has 1 aromatic rings. The zero-order valence-electron chi connectivity index (χ0n) is 14.6. The van der Waals surface area contributed by atoms with Crippen molar-refractivity contribution in [1.82, 2.24) is 4.90 Å². The van der Waals surface area contributed by atoms with Crippen LogP contribution in [-0.2, 0) is 9.63 Å². The molecule has 1 saturated heterocycles. The number of aliphatic hydroxyl groups is 1. The van der Waals surface area contributed by atoms with E-state index in [1.807, 2.05) is 69.9 Å². The molecule has 0 bridgehead atoms. The summed E-state index contributed by atoms with van der Waals surface area (Å²) >= 11 is 0. The molecule has 1 fully saturated rings. The van der Waals surface area contributed by atoms with Crippen LogP contribution < -0.4 is 5.06 Å². The minimum Gasteiger partial charge on any atom is -0.394 e. The Morgan fingerprint density at radius 2 is 1.78 bits per heavy atom. The van der Waals surface area contributed by atoms with E-state index in [0.717, 1.165) is 5.69 Å². The largest absolute Gasteiger partial charge is 0.394 e. The Balaban J connectivity index is 2.36. The van der Waals surface area contributed by atoms with Crippen LogP contribution in [0.3, 0.4) is 0 Å². The first-order valence-corrected chi connectivity index (χ1v) is 8.32. The topological polar surface area (TPSA) is 53.0 Å². The van der Waals surface area contributed by atoms with E-state index in [1.54, 1.807) is 5.06 Å².